The standard InChI is InChI=1S/C29H58O4S/c1-3-5-7-9-11-12-13-14-15-16-17-18-19-21-23-25-27-29(28-33-34(30,31)32)26-24-22-20-10-8-6-4-2/h25,27,29H,3-24,26,28H2,1-2H3,(H,30,31,32)/b27-25+. The number of rotatable bonds is 27. The Bertz CT molecular complexity index is 530. The smallest absolute Gasteiger partial charge is 0.264 e. The van der Waals surface area contributed by atoms with Crippen molar-refractivity contribution in [2.24, 2.45) is 5.92 Å². The summed E-state index contributed by atoms with van der Waals surface area (Å²) in [6.07, 6.45) is 34.1. The third-order valence-electron chi connectivity index (χ3n) is 6.74. The molecule has 1 unspecified atom stereocenters. The predicted molar refractivity (Wildman–Crippen MR) is 148 cm³/mol. The Morgan fingerprint density at radius 2 is 1.00 bits per heavy atom. The lowest BCUT2D eigenvalue weighted by Gasteiger charge is -2.12. The maximum Gasteiger partial charge on any atom is 0.397 e. The van der Waals surface area contributed by atoms with Crippen LogP contribution >= 0.6 is 0 Å². The van der Waals surface area contributed by atoms with Gasteiger partial charge in [0.1, 0.15) is 0 Å². The van der Waals surface area contributed by atoms with Crippen molar-refractivity contribution in [3.05, 3.63) is 12.2 Å². The van der Waals surface area contributed by atoms with Gasteiger partial charge in [0.25, 0.3) is 0 Å². The van der Waals surface area contributed by atoms with Crippen LogP contribution in [0, 0.1) is 5.92 Å². The largest absolute Gasteiger partial charge is 0.397 e. The van der Waals surface area contributed by atoms with Gasteiger partial charge in [-0.1, -0.05) is 154 Å². The quantitative estimate of drug-likeness (QED) is 0.0689. The Kier molecular flexibility index (Phi) is 25.4. The fourth-order valence-corrected chi connectivity index (χ4v) is 4.86. The minimum atomic E-state index is -4.36. The van der Waals surface area contributed by atoms with Crippen molar-refractivity contribution in [1.82, 2.24) is 0 Å². The lowest BCUT2D eigenvalue weighted by atomic mass is 9.99. The fraction of sp³-hybridized carbons (Fsp3) is 0.931. The van der Waals surface area contributed by atoms with E-state index in [-0.39, 0.29) is 12.5 Å². The lowest BCUT2D eigenvalue weighted by Crippen LogP contribution is -2.12. The highest BCUT2D eigenvalue weighted by Crippen LogP contribution is 2.17. The van der Waals surface area contributed by atoms with Crippen LogP contribution in [0.4, 0.5) is 0 Å². The van der Waals surface area contributed by atoms with Crippen LogP contribution in [0.1, 0.15) is 162 Å². The average Bonchev–Trinajstić information content (AvgIpc) is 2.80. The van der Waals surface area contributed by atoms with Gasteiger partial charge in [0.15, 0.2) is 0 Å². The van der Waals surface area contributed by atoms with Crippen molar-refractivity contribution in [3.63, 3.8) is 0 Å². The van der Waals surface area contributed by atoms with E-state index in [1.165, 1.54) is 128 Å². The van der Waals surface area contributed by atoms with E-state index >= 15 is 0 Å². The first-order valence-corrected chi connectivity index (χ1v) is 16.1. The molecule has 0 saturated carbocycles. The summed E-state index contributed by atoms with van der Waals surface area (Å²) in [4.78, 5) is 0. The van der Waals surface area contributed by atoms with Crippen molar-refractivity contribution in [3.8, 4) is 0 Å². The van der Waals surface area contributed by atoms with E-state index < -0.39 is 10.4 Å². The van der Waals surface area contributed by atoms with E-state index in [0.29, 0.717) is 0 Å². The summed E-state index contributed by atoms with van der Waals surface area (Å²) in [6, 6.07) is 0. The monoisotopic (exact) mass is 502 g/mol. The first kappa shape index (κ1) is 33.6. The van der Waals surface area contributed by atoms with E-state index in [1.54, 1.807) is 0 Å². The minimum absolute atomic E-state index is 0.0455. The van der Waals surface area contributed by atoms with E-state index in [9.17, 15) is 8.42 Å². The van der Waals surface area contributed by atoms with Crippen molar-refractivity contribution in [2.75, 3.05) is 6.61 Å². The van der Waals surface area contributed by atoms with Crippen molar-refractivity contribution < 1.29 is 17.2 Å². The molecule has 0 radical (unpaired) electrons. The third kappa shape index (κ3) is 27.9. The minimum Gasteiger partial charge on any atom is -0.264 e. The molecule has 0 aromatic carbocycles. The van der Waals surface area contributed by atoms with E-state index in [1.807, 2.05) is 0 Å². The van der Waals surface area contributed by atoms with E-state index in [2.05, 4.69) is 30.2 Å². The van der Waals surface area contributed by atoms with Crippen LogP contribution in [0.15, 0.2) is 12.2 Å². The maximum atomic E-state index is 10.9. The molecule has 1 N–H and O–H groups in total. The summed E-state index contributed by atoms with van der Waals surface area (Å²) in [5.41, 5.74) is 0. The molecule has 5 heteroatoms. The fourth-order valence-electron chi connectivity index (χ4n) is 4.52. The molecule has 0 aromatic heterocycles. The average molecular weight is 503 g/mol. The molecule has 0 aliphatic heterocycles. The molecule has 0 rings (SSSR count). The Morgan fingerprint density at radius 1 is 0.618 bits per heavy atom. The van der Waals surface area contributed by atoms with E-state index in [4.69, 9.17) is 4.55 Å². The van der Waals surface area contributed by atoms with Crippen LogP contribution in [0.2, 0.25) is 0 Å². The van der Waals surface area contributed by atoms with Crippen LogP contribution in [0.5, 0.6) is 0 Å². The Labute approximate surface area is 213 Å². The summed E-state index contributed by atoms with van der Waals surface area (Å²) < 4.78 is 35.4. The number of allylic oxidation sites excluding steroid dienone is 1. The summed E-state index contributed by atoms with van der Waals surface area (Å²) in [5, 5.41) is 0. The molecule has 0 saturated heterocycles. The van der Waals surface area contributed by atoms with Gasteiger partial charge in [-0.05, 0) is 19.3 Å². The van der Waals surface area contributed by atoms with Gasteiger partial charge in [0.05, 0.1) is 6.61 Å². The molecular weight excluding hydrogens is 444 g/mol. The lowest BCUT2D eigenvalue weighted by molar-refractivity contribution is 0.234. The zero-order valence-electron chi connectivity index (χ0n) is 22.8. The SMILES string of the molecule is CCCCCCCCCCCCCCCC/C=C/C(CCCCCCCCC)COS(=O)(=O)O. The molecule has 0 spiro atoms. The highest BCUT2D eigenvalue weighted by molar-refractivity contribution is 7.80. The summed E-state index contributed by atoms with van der Waals surface area (Å²) >= 11 is 0. The topological polar surface area (TPSA) is 63.6 Å². The summed E-state index contributed by atoms with van der Waals surface area (Å²) in [5.74, 6) is 0.0595. The van der Waals surface area contributed by atoms with Crippen molar-refractivity contribution >= 4 is 10.4 Å². The molecule has 0 fully saturated rings. The highest BCUT2D eigenvalue weighted by Gasteiger charge is 2.11. The van der Waals surface area contributed by atoms with Crippen molar-refractivity contribution in [1.29, 1.82) is 0 Å². The van der Waals surface area contributed by atoms with Gasteiger partial charge >= 0.3 is 10.4 Å². The summed E-state index contributed by atoms with van der Waals surface area (Å²) in [7, 11) is -4.36. The Balaban J connectivity index is 3.75. The van der Waals surface area contributed by atoms with Crippen LogP contribution in [-0.4, -0.2) is 19.6 Å². The maximum absolute atomic E-state index is 10.9. The predicted octanol–water partition coefficient (Wildman–Crippen LogP) is 9.99. The molecule has 0 aromatic rings. The zero-order valence-corrected chi connectivity index (χ0v) is 23.6. The molecule has 0 amide bonds. The van der Waals surface area contributed by atoms with Crippen LogP contribution in [-0.2, 0) is 14.6 Å². The van der Waals surface area contributed by atoms with Gasteiger partial charge in [-0.2, -0.15) is 8.42 Å². The first-order valence-electron chi connectivity index (χ1n) is 14.8. The number of hydrogen-bond donors (Lipinski definition) is 1. The molecule has 0 aliphatic carbocycles. The second kappa shape index (κ2) is 25.7. The molecule has 0 aliphatic rings. The number of unbranched alkanes of at least 4 members (excludes halogenated alkanes) is 20. The normalized spacial score (nSPS) is 13.1. The molecule has 1 atom stereocenters. The van der Waals surface area contributed by atoms with Gasteiger partial charge in [0.2, 0.25) is 0 Å². The third-order valence-corrected chi connectivity index (χ3v) is 7.18. The molecule has 204 valence electrons. The number of hydrogen-bond acceptors (Lipinski definition) is 3. The molecule has 0 heterocycles. The second-order valence-electron chi connectivity index (χ2n) is 10.2. The Hall–Kier alpha value is -0.390. The van der Waals surface area contributed by atoms with Gasteiger partial charge in [0, 0.05) is 5.92 Å². The molecular formula is C29H58O4S. The van der Waals surface area contributed by atoms with Gasteiger partial charge in [-0.3, -0.25) is 4.55 Å². The molecule has 34 heavy (non-hydrogen) atoms. The van der Waals surface area contributed by atoms with Crippen LogP contribution in [0.25, 0.3) is 0 Å². The van der Waals surface area contributed by atoms with Crippen LogP contribution < -0.4 is 0 Å². The van der Waals surface area contributed by atoms with Gasteiger partial charge < -0.3 is 0 Å². The summed E-state index contributed by atoms with van der Waals surface area (Å²) in [6.45, 7) is 4.55. The molecule has 0 bridgehead atoms. The Morgan fingerprint density at radius 3 is 1.41 bits per heavy atom. The van der Waals surface area contributed by atoms with Gasteiger partial charge in [-0.25, -0.2) is 4.18 Å². The van der Waals surface area contributed by atoms with E-state index in [0.717, 1.165) is 19.3 Å². The van der Waals surface area contributed by atoms with Crippen LogP contribution in [0.3, 0.4) is 0 Å². The zero-order chi connectivity index (χ0) is 25.2. The van der Waals surface area contributed by atoms with Crippen molar-refractivity contribution in [2.45, 2.75) is 162 Å². The van der Waals surface area contributed by atoms with Gasteiger partial charge in [-0.15, -0.1) is 0 Å². The highest BCUT2D eigenvalue weighted by atomic mass is 32.3. The first-order chi connectivity index (χ1) is 16.5. The second-order valence-corrected chi connectivity index (χ2v) is 11.3. The molecule has 4 nitrogen and oxygen atoms in total.